The van der Waals surface area contributed by atoms with E-state index in [1.165, 1.54) is 0 Å². The molecule has 1 atom stereocenters. The SMILES string of the molecule is Cc1cc(OCC(=O)N2CCCCC2c2nc(C)no2)c2c(C)c(C)c(=O)oc2c1. The van der Waals surface area contributed by atoms with Crippen molar-refractivity contribution >= 4 is 16.9 Å². The Balaban J connectivity index is 1.59. The predicted octanol–water partition coefficient (Wildman–Crippen LogP) is 3.54. The minimum absolute atomic E-state index is 0.125. The minimum Gasteiger partial charge on any atom is -0.483 e. The number of likely N-dealkylation sites (tertiary alicyclic amines) is 1. The molecule has 0 bridgehead atoms. The Hall–Kier alpha value is -3.16. The lowest BCUT2D eigenvalue weighted by molar-refractivity contribution is -0.137. The molecule has 0 saturated carbocycles. The third kappa shape index (κ3) is 3.69. The topological polar surface area (TPSA) is 98.7 Å². The maximum atomic E-state index is 13.0. The average molecular weight is 411 g/mol. The maximum absolute atomic E-state index is 13.0. The fourth-order valence-corrected chi connectivity index (χ4v) is 3.96. The van der Waals surface area contributed by atoms with Gasteiger partial charge in [-0.15, -0.1) is 0 Å². The first-order valence-corrected chi connectivity index (χ1v) is 10.1. The van der Waals surface area contributed by atoms with E-state index in [2.05, 4.69) is 10.1 Å². The van der Waals surface area contributed by atoms with Crippen LogP contribution in [0, 0.1) is 27.7 Å². The van der Waals surface area contributed by atoms with Crippen molar-refractivity contribution in [3.63, 3.8) is 0 Å². The molecule has 3 heterocycles. The molecule has 0 aliphatic carbocycles. The monoisotopic (exact) mass is 411 g/mol. The molecular weight excluding hydrogens is 386 g/mol. The molecule has 1 aliphatic rings. The molecule has 1 aromatic carbocycles. The zero-order chi connectivity index (χ0) is 21.4. The lowest BCUT2D eigenvalue weighted by Crippen LogP contribution is -2.41. The van der Waals surface area contributed by atoms with Crippen molar-refractivity contribution in [3.8, 4) is 5.75 Å². The fourth-order valence-electron chi connectivity index (χ4n) is 3.96. The number of piperidine rings is 1. The van der Waals surface area contributed by atoms with Crippen LogP contribution in [0.15, 0.2) is 25.9 Å². The highest BCUT2D eigenvalue weighted by Crippen LogP contribution is 2.32. The molecule has 1 amide bonds. The molecule has 0 N–H and O–H groups in total. The van der Waals surface area contributed by atoms with Crippen molar-refractivity contribution in [2.45, 2.75) is 53.0 Å². The van der Waals surface area contributed by atoms with E-state index in [0.717, 1.165) is 30.4 Å². The standard InChI is InChI=1S/C22H25N3O5/c1-12-9-17(20-13(2)14(3)22(27)29-18(20)10-12)28-11-19(26)25-8-6-5-7-16(25)21-23-15(4)24-30-21/h9-10,16H,5-8,11H2,1-4H3. The van der Waals surface area contributed by atoms with E-state index in [-0.39, 0.29) is 24.2 Å². The number of carbonyl (C=O) groups is 1. The molecular formula is C22H25N3O5. The summed E-state index contributed by atoms with van der Waals surface area (Å²) in [5.74, 6) is 1.41. The molecule has 1 aliphatic heterocycles. The van der Waals surface area contributed by atoms with Crippen LogP contribution in [-0.4, -0.2) is 34.1 Å². The molecule has 30 heavy (non-hydrogen) atoms. The molecule has 4 rings (SSSR count). The van der Waals surface area contributed by atoms with E-state index >= 15 is 0 Å². The second-order valence-corrected chi connectivity index (χ2v) is 7.84. The predicted molar refractivity (Wildman–Crippen MR) is 110 cm³/mol. The number of hydrogen-bond acceptors (Lipinski definition) is 7. The highest BCUT2D eigenvalue weighted by atomic mass is 16.5. The highest BCUT2D eigenvalue weighted by Gasteiger charge is 2.32. The normalized spacial score (nSPS) is 16.8. The van der Waals surface area contributed by atoms with Crippen molar-refractivity contribution in [1.82, 2.24) is 15.0 Å². The number of rotatable bonds is 4. The Morgan fingerprint density at radius 3 is 2.73 bits per heavy atom. The van der Waals surface area contributed by atoms with Crippen LogP contribution in [0.5, 0.6) is 5.75 Å². The number of fused-ring (bicyclic) bond motifs is 1. The van der Waals surface area contributed by atoms with Gasteiger partial charge in [0.25, 0.3) is 5.91 Å². The van der Waals surface area contributed by atoms with E-state index in [9.17, 15) is 9.59 Å². The number of aromatic nitrogens is 2. The van der Waals surface area contributed by atoms with Crippen LogP contribution in [-0.2, 0) is 4.79 Å². The van der Waals surface area contributed by atoms with Gasteiger partial charge in [0, 0.05) is 12.1 Å². The van der Waals surface area contributed by atoms with Gasteiger partial charge >= 0.3 is 5.63 Å². The van der Waals surface area contributed by atoms with Crippen LogP contribution in [0.25, 0.3) is 11.0 Å². The van der Waals surface area contributed by atoms with Gasteiger partial charge in [0.2, 0.25) is 5.89 Å². The van der Waals surface area contributed by atoms with Gasteiger partial charge in [-0.1, -0.05) is 5.16 Å². The smallest absolute Gasteiger partial charge is 0.339 e. The molecule has 8 heteroatoms. The van der Waals surface area contributed by atoms with Crippen LogP contribution in [0.1, 0.15) is 53.7 Å². The summed E-state index contributed by atoms with van der Waals surface area (Å²) in [6, 6.07) is 3.43. The molecule has 3 aromatic rings. The Kier molecular flexibility index (Phi) is 5.32. The summed E-state index contributed by atoms with van der Waals surface area (Å²) >= 11 is 0. The van der Waals surface area contributed by atoms with Gasteiger partial charge in [0.05, 0.1) is 5.39 Å². The summed E-state index contributed by atoms with van der Waals surface area (Å²) in [6.07, 6.45) is 2.70. The number of aryl methyl sites for hydroxylation is 3. The number of benzene rings is 1. The Bertz CT molecular complexity index is 1160. The number of carbonyl (C=O) groups excluding carboxylic acids is 1. The molecule has 1 saturated heterocycles. The first-order chi connectivity index (χ1) is 14.3. The van der Waals surface area contributed by atoms with Crippen molar-refractivity contribution in [2.75, 3.05) is 13.2 Å². The fraction of sp³-hybridized carbons (Fsp3) is 0.455. The molecule has 0 spiro atoms. The lowest BCUT2D eigenvalue weighted by Gasteiger charge is -2.33. The van der Waals surface area contributed by atoms with E-state index in [0.29, 0.717) is 40.5 Å². The summed E-state index contributed by atoms with van der Waals surface area (Å²) < 4.78 is 16.7. The van der Waals surface area contributed by atoms with Crippen LogP contribution in [0.2, 0.25) is 0 Å². The number of hydrogen-bond donors (Lipinski definition) is 0. The quantitative estimate of drug-likeness (QED) is 0.606. The average Bonchev–Trinajstić information content (AvgIpc) is 3.16. The molecule has 8 nitrogen and oxygen atoms in total. The second kappa shape index (κ2) is 7.93. The Morgan fingerprint density at radius 1 is 1.20 bits per heavy atom. The first kappa shape index (κ1) is 20.1. The zero-order valence-corrected chi connectivity index (χ0v) is 17.7. The lowest BCUT2D eigenvalue weighted by atomic mass is 10.0. The maximum Gasteiger partial charge on any atom is 0.339 e. The van der Waals surface area contributed by atoms with Crippen LogP contribution >= 0.6 is 0 Å². The van der Waals surface area contributed by atoms with Gasteiger partial charge in [0.15, 0.2) is 12.4 Å². The summed E-state index contributed by atoms with van der Waals surface area (Å²) in [6.45, 7) is 7.73. The summed E-state index contributed by atoms with van der Waals surface area (Å²) in [7, 11) is 0. The third-order valence-electron chi connectivity index (χ3n) is 5.66. The van der Waals surface area contributed by atoms with Gasteiger partial charge in [-0.25, -0.2) is 4.79 Å². The minimum atomic E-state index is -0.362. The zero-order valence-electron chi connectivity index (χ0n) is 17.7. The molecule has 1 fully saturated rings. The Morgan fingerprint density at radius 2 is 2.00 bits per heavy atom. The van der Waals surface area contributed by atoms with Crippen LogP contribution in [0.4, 0.5) is 0 Å². The highest BCUT2D eigenvalue weighted by molar-refractivity contribution is 5.88. The van der Waals surface area contributed by atoms with Gasteiger partial charge in [0.1, 0.15) is 17.4 Å². The summed E-state index contributed by atoms with van der Waals surface area (Å²) in [5.41, 5.74) is 2.31. The van der Waals surface area contributed by atoms with E-state index in [4.69, 9.17) is 13.7 Å². The van der Waals surface area contributed by atoms with Gasteiger partial charge < -0.3 is 18.6 Å². The van der Waals surface area contributed by atoms with Crippen LogP contribution < -0.4 is 10.4 Å². The van der Waals surface area contributed by atoms with Crippen molar-refractivity contribution in [2.24, 2.45) is 0 Å². The third-order valence-corrected chi connectivity index (χ3v) is 5.66. The van der Waals surface area contributed by atoms with Crippen molar-refractivity contribution in [3.05, 3.63) is 51.0 Å². The van der Waals surface area contributed by atoms with Crippen LogP contribution in [0.3, 0.4) is 0 Å². The molecule has 158 valence electrons. The van der Waals surface area contributed by atoms with Gasteiger partial charge in [-0.3, -0.25) is 4.79 Å². The summed E-state index contributed by atoms with van der Waals surface area (Å²) in [5, 5.41) is 4.57. The van der Waals surface area contributed by atoms with E-state index < -0.39 is 0 Å². The number of ether oxygens (including phenoxy) is 1. The largest absolute Gasteiger partial charge is 0.483 e. The molecule has 2 aromatic heterocycles. The Labute approximate surface area is 173 Å². The molecule has 1 unspecified atom stereocenters. The van der Waals surface area contributed by atoms with Gasteiger partial charge in [-0.2, -0.15) is 4.98 Å². The molecule has 0 radical (unpaired) electrons. The summed E-state index contributed by atoms with van der Waals surface area (Å²) in [4.78, 5) is 31.1. The van der Waals surface area contributed by atoms with Crippen molar-refractivity contribution in [1.29, 1.82) is 0 Å². The van der Waals surface area contributed by atoms with Crippen molar-refractivity contribution < 1.29 is 18.5 Å². The first-order valence-electron chi connectivity index (χ1n) is 10.1. The number of nitrogens with zero attached hydrogens (tertiary/aromatic N) is 3. The van der Waals surface area contributed by atoms with E-state index in [1.54, 1.807) is 24.8 Å². The van der Waals surface area contributed by atoms with Gasteiger partial charge in [-0.05, 0) is 70.2 Å². The number of amides is 1. The van der Waals surface area contributed by atoms with E-state index in [1.807, 2.05) is 19.9 Å². The second-order valence-electron chi connectivity index (χ2n) is 7.84.